The maximum atomic E-state index is 13.2. The summed E-state index contributed by atoms with van der Waals surface area (Å²) in [5.74, 6) is 0.157. The minimum atomic E-state index is 0.157. The largest absolute Gasteiger partial charge is 0.341 e. The van der Waals surface area contributed by atoms with Gasteiger partial charge in [-0.05, 0) is 51.2 Å². The van der Waals surface area contributed by atoms with Crippen molar-refractivity contribution in [3.8, 4) is 16.9 Å². The highest BCUT2D eigenvalue weighted by molar-refractivity contribution is 6.30. The summed E-state index contributed by atoms with van der Waals surface area (Å²) in [5.41, 5.74) is 3.68. The predicted molar refractivity (Wildman–Crippen MR) is 121 cm³/mol. The molecule has 1 saturated heterocycles. The summed E-state index contributed by atoms with van der Waals surface area (Å²) in [7, 11) is 4.17. The zero-order chi connectivity index (χ0) is 21.1. The first-order chi connectivity index (χ1) is 14.5. The van der Waals surface area contributed by atoms with Crippen LogP contribution in [0.4, 0.5) is 0 Å². The lowest BCUT2D eigenvalue weighted by Crippen LogP contribution is -2.47. The summed E-state index contributed by atoms with van der Waals surface area (Å²) < 4.78 is 1.85. The number of para-hydroxylation sites is 1. The van der Waals surface area contributed by atoms with Crippen LogP contribution in [0.5, 0.6) is 0 Å². The lowest BCUT2D eigenvalue weighted by Gasteiger charge is -2.36. The Morgan fingerprint density at radius 1 is 1.13 bits per heavy atom. The van der Waals surface area contributed by atoms with E-state index >= 15 is 0 Å². The van der Waals surface area contributed by atoms with Crippen LogP contribution in [0.1, 0.15) is 18.4 Å². The Morgan fingerprint density at radius 3 is 2.57 bits per heavy atom. The average Bonchev–Trinajstić information content (AvgIpc) is 3.18. The van der Waals surface area contributed by atoms with Crippen molar-refractivity contribution in [1.82, 2.24) is 19.6 Å². The molecule has 0 aliphatic carbocycles. The molecule has 3 aromatic rings. The lowest BCUT2D eigenvalue weighted by atomic mass is 10.0. The number of likely N-dealkylation sites (N-methyl/N-ethyl adjacent to an activating group) is 1. The predicted octanol–water partition coefficient (Wildman–Crippen LogP) is 4.29. The van der Waals surface area contributed by atoms with Crippen molar-refractivity contribution in [2.75, 3.05) is 27.2 Å². The second kappa shape index (κ2) is 9.02. The van der Waals surface area contributed by atoms with Crippen molar-refractivity contribution in [2.45, 2.75) is 25.3 Å². The van der Waals surface area contributed by atoms with E-state index in [1.165, 1.54) is 0 Å². The number of hydrogen-bond acceptors (Lipinski definition) is 3. The minimum absolute atomic E-state index is 0.157. The second-order valence-electron chi connectivity index (χ2n) is 8.07. The molecule has 2 heterocycles. The van der Waals surface area contributed by atoms with Crippen molar-refractivity contribution in [2.24, 2.45) is 0 Å². The van der Waals surface area contributed by atoms with Gasteiger partial charge in [0.15, 0.2) is 0 Å². The highest BCUT2D eigenvalue weighted by atomic mass is 35.5. The van der Waals surface area contributed by atoms with Crippen LogP contribution in [-0.4, -0.2) is 58.7 Å². The van der Waals surface area contributed by atoms with Gasteiger partial charge in [-0.25, -0.2) is 4.68 Å². The first kappa shape index (κ1) is 20.6. The molecule has 1 aromatic heterocycles. The van der Waals surface area contributed by atoms with Crippen LogP contribution in [0.2, 0.25) is 5.02 Å². The number of hydrogen-bond donors (Lipinski definition) is 0. The fraction of sp³-hybridized carbons (Fsp3) is 0.333. The molecule has 1 atom stereocenters. The van der Waals surface area contributed by atoms with Crippen LogP contribution in [0.25, 0.3) is 16.9 Å². The Kier molecular flexibility index (Phi) is 6.21. The van der Waals surface area contributed by atoms with E-state index in [4.69, 9.17) is 16.7 Å². The third-order valence-corrected chi connectivity index (χ3v) is 6.00. The van der Waals surface area contributed by atoms with Gasteiger partial charge in [0.25, 0.3) is 0 Å². The molecule has 1 aliphatic rings. The van der Waals surface area contributed by atoms with Gasteiger partial charge in [0, 0.05) is 41.5 Å². The minimum Gasteiger partial charge on any atom is -0.341 e. The summed E-state index contributed by atoms with van der Waals surface area (Å²) in [6, 6.07) is 18.0. The SMILES string of the molecule is CN(C)C1CCCN(C(=O)Cc2cn(-c3ccccc3)nc2-c2ccc(Cl)cc2)C1. The van der Waals surface area contributed by atoms with Crippen LogP contribution < -0.4 is 0 Å². The normalized spacial score (nSPS) is 16.8. The molecular formula is C24H27ClN4O. The molecule has 1 fully saturated rings. The Hall–Kier alpha value is -2.63. The number of benzene rings is 2. The molecule has 4 rings (SSSR count). The van der Waals surface area contributed by atoms with Gasteiger partial charge < -0.3 is 9.80 Å². The van der Waals surface area contributed by atoms with Crippen molar-refractivity contribution < 1.29 is 4.79 Å². The van der Waals surface area contributed by atoms with Gasteiger partial charge in [0.05, 0.1) is 17.8 Å². The molecular weight excluding hydrogens is 396 g/mol. The third kappa shape index (κ3) is 4.58. The Labute approximate surface area is 182 Å². The van der Waals surface area contributed by atoms with Crippen LogP contribution >= 0.6 is 11.6 Å². The molecule has 156 valence electrons. The van der Waals surface area contributed by atoms with E-state index < -0.39 is 0 Å². The quantitative estimate of drug-likeness (QED) is 0.616. The molecule has 5 nitrogen and oxygen atoms in total. The van der Waals surface area contributed by atoms with Gasteiger partial charge in [0.1, 0.15) is 0 Å². The highest BCUT2D eigenvalue weighted by Crippen LogP contribution is 2.26. The lowest BCUT2D eigenvalue weighted by molar-refractivity contribution is -0.132. The fourth-order valence-electron chi connectivity index (χ4n) is 3.98. The van der Waals surface area contributed by atoms with E-state index in [-0.39, 0.29) is 5.91 Å². The second-order valence-corrected chi connectivity index (χ2v) is 8.50. The summed E-state index contributed by atoms with van der Waals surface area (Å²) in [6.07, 6.45) is 4.50. The van der Waals surface area contributed by atoms with Crippen LogP contribution in [-0.2, 0) is 11.2 Å². The monoisotopic (exact) mass is 422 g/mol. The summed E-state index contributed by atoms with van der Waals surface area (Å²) in [5, 5.41) is 5.50. The van der Waals surface area contributed by atoms with E-state index in [1.54, 1.807) is 0 Å². The van der Waals surface area contributed by atoms with Gasteiger partial charge in [-0.15, -0.1) is 0 Å². The van der Waals surface area contributed by atoms with Crippen LogP contribution in [0, 0.1) is 0 Å². The highest BCUT2D eigenvalue weighted by Gasteiger charge is 2.26. The van der Waals surface area contributed by atoms with E-state index in [1.807, 2.05) is 70.4 Å². The molecule has 0 N–H and O–H groups in total. The van der Waals surface area contributed by atoms with E-state index in [9.17, 15) is 4.79 Å². The van der Waals surface area contributed by atoms with Gasteiger partial charge in [-0.2, -0.15) is 5.10 Å². The number of aromatic nitrogens is 2. The van der Waals surface area contributed by atoms with Gasteiger partial charge in [0.2, 0.25) is 5.91 Å². The Bertz CT molecular complexity index is 998. The van der Waals surface area contributed by atoms with E-state index in [0.29, 0.717) is 17.5 Å². The van der Waals surface area contributed by atoms with Crippen molar-refractivity contribution in [3.63, 3.8) is 0 Å². The zero-order valence-electron chi connectivity index (χ0n) is 17.5. The Morgan fingerprint density at radius 2 is 1.87 bits per heavy atom. The maximum absolute atomic E-state index is 13.2. The first-order valence-corrected chi connectivity index (χ1v) is 10.7. The summed E-state index contributed by atoms with van der Waals surface area (Å²) >= 11 is 6.07. The van der Waals surface area contributed by atoms with Crippen molar-refractivity contribution >= 4 is 17.5 Å². The van der Waals surface area contributed by atoms with Crippen molar-refractivity contribution in [1.29, 1.82) is 0 Å². The number of rotatable bonds is 5. The standard InChI is InChI=1S/C24H27ClN4O/c1-27(2)22-9-6-14-28(17-22)23(30)15-19-16-29(21-7-4-3-5-8-21)26-24(19)18-10-12-20(25)13-11-18/h3-5,7-8,10-13,16,22H,6,9,14-15,17H2,1-2H3. The zero-order valence-corrected chi connectivity index (χ0v) is 18.2. The smallest absolute Gasteiger partial charge is 0.227 e. The number of nitrogens with zero attached hydrogens (tertiary/aromatic N) is 4. The molecule has 0 bridgehead atoms. The summed E-state index contributed by atoms with van der Waals surface area (Å²) in [4.78, 5) is 17.4. The van der Waals surface area contributed by atoms with E-state index in [0.717, 1.165) is 48.4 Å². The van der Waals surface area contributed by atoms with Crippen LogP contribution in [0.15, 0.2) is 60.8 Å². The molecule has 6 heteroatoms. The van der Waals surface area contributed by atoms with Crippen LogP contribution in [0.3, 0.4) is 0 Å². The number of halogens is 1. The molecule has 0 saturated carbocycles. The maximum Gasteiger partial charge on any atom is 0.227 e. The fourth-order valence-corrected chi connectivity index (χ4v) is 4.11. The molecule has 1 unspecified atom stereocenters. The number of carbonyl (C=O) groups is 1. The molecule has 0 radical (unpaired) electrons. The average molecular weight is 423 g/mol. The molecule has 0 spiro atoms. The molecule has 1 aliphatic heterocycles. The Balaban J connectivity index is 1.63. The van der Waals surface area contributed by atoms with Gasteiger partial charge >= 0.3 is 0 Å². The number of piperidine rings is 1. The van der Waals surface area contributed by atoms with Gasteiger partial charge in [-0.1, -0.05) is 41.9 Å². The third-order valence-electron chi connectivity index (χ3n) is 5.75. The molecule has 2 aromatic carbocycles. The first-order valence-electron chi connectivity index (χ1n) is 10.4. The number of likely N-dealkylation sites (tertiary alicyclic amines) is 1. The topological polar surface area (TPSA) is 41.4 Å². The van der Waals surface area contributed by atoms with Crippen molar-refractivity contribution in [3.05, 3.63) is 71.4 Å². The number of carbonyl (C=O) groups excluding carboxylic acids is 1. The molecule has 30 heavy (non-hydrogen) atoms. The van der Waals surface area contributed by atoms with Gasteiger partial charge in [-0.3, -0.25) is 4.79 Å². The van der Waals surface area contributed by atoms with E-state index in [2.05, 4.69) is 19.0 Å². The summed E-state index contributed by atoms with van der Waals surface area (Å²) in [6.45, 7) is 1.61. The number of amides is 1. The molecule has 1 amide bonds.